The lowest BCUT2D eigenvalue weighted by Gasteiger charge is -2.24. The molecule has 330 valence electrons. The van der Waals surface area contributed by atoms with Gasteiger partial charge in [-0.3, -0.25) is 18.6 Å². The summed E-state index contributed by atoms with van der Waals surface area (Å²) in [6.07, 6.45) is 51.8. The van der Waals surface area contributed by atoms with Gasteiger partial charge in [0.2, 0.25) is 0 Å². The van der Waals surface area contributed by atoms with Crippen LogP contribution in [0.15, 0.2) is 97.2 Å². The minimum Gasteiger partial charge on any atom is -0.462 e. The summed E-state index contributed by atoms with van der Waals surface area (Å²) in [6.45, 7) is 4.21. The number of carbonyl (C=O) groups excluding carboxylic acids is 2. The van der Waals surface area contributed by atoms with Crippen molar-refractivity contribution in [3.8, 4) is 0 Å². The van der Waals surface area contributed by atoms with Gasteiger partial charge in [-0.15, -0.1) is 0 Å². The summed E-state index contributed by atoms with van der Waals surface area (Å²) >= 11 is 0. The Morgan fingerprint density at radius 3 is 1.31 bits per heavy atom. The first-order valence-electron chi connectivity index (χ1n) is 22.0. The van der Waals surface area contributed by atoms with Crippen LogP contribution in [0.1, 0.15) is 142 Å². The van der Waals surface area contributed by atoms with Gasteiger partial charge in [0.05, 0.1) is 27.7 Å². The Morgan fingerprint density at radius 2 is 0.914 bits per heavy atom. The number of quaternary nitrogens is 1. The second-order valence-electron chi connectivity index (χ2n) is 15.4. The molecule has 1 unspecified atom stereocenters. The van der Waals surface area contributed by atoms with E-state index in [2.05, 4.69) is 98.9 Å². The van der Waals surface area contributed by atoms with Crippen molar-refractivity contribution >= 4 is 19.8 Å². The molecule has 0 saturated heterocycles. The number of allylic oxidation sites excluding steroid dienone is 16. The molecular formula is C48H81NO8P+. The standard InChI is InChI=1S/C48H80NO8P/c1-6-8-10-12-14-16-18-20-22-24-26-28-30-32-34-36-38-40-47(50)54-44-46(45-56-58(52,53)55-43-42-49(3,4)5)57-48(51)41-39-37-35-33-31-29-27-25-23-21-19-17-15-13-11-9-7-2/h14-17,20-23,26-29,32-35,46H,6-13,18-19,24-25,30-31,36-45H2,1-5H3/p+1/b16-14+,17-15+,22-20+,23-21+,28-26+,29-27+,34-32+,35-33+/t46-/m1/s1. The van der Waals surface area contributed by atoms with Crippen LogP contribution in [0.25, 0.3) is 0 Å². The minimum absolute atomic E-state index is 0.00758. The van der Waals surface area contributed by atoms with E-state index in [1.807, 2.05) is 33.3 Å². The molecule has 1 N–H and O–H groups in total. The van der Waals surface area contributed by atoms with Gasteiger partial charge in [0.1, 0.15) is 19.8 Å². The first-order chi connectivity index (χ1) is 28.0. The highest BCUT2D eigenvalue weighted by molar-refractivity contribution is 7.47. The van der Waals surface area contributed by atoms with Crippen molar-refractivity contribution in [2.75, 3.05) is 47.5 Å². The molecule has 0 fully saturated rings. The van der Waals surface area contributed by atoms with Gasteiger partial charge in [-0.2, -0.15) is 0 Å². The van der Waals surface area contributed by atoms with Crippen LogP contribution in [0.4, 0.5) is 0 Å². The second kappa shape index (κ2) is 39.4. The van der Waals surface area contributed by atoms with E-state index >= 15 is 0 Å². The topological polar surface area (TPSA) is 108 Å². The number of hydrogen-bond acceptors (Lipinski definition) is 7. The summed E-state index contributed by atoms with van der Waals surface area (Å²) in [5.74, 6) is -0.941. The lowest BCUT2D eigenvalue weighted by Crippen LogP contribution is -2.37. The Labute approximate surface area is 353 Å². The quantitative estimate of drug-likeness (QED) is 0.0215. The van der Waals surface area contributed by atoms with E-state index < -0.39 is 32.5 Å². The van der Waals surface area contributed by atoms with Crippen LogP contribution in [0.3, 0.4) is 0 Å². The molecule has 0 saturated carbocycles. The van der Waals surface area contributed by atoms with Gasteiger partial charge in [0, 0.05) is 12.8 Å². The van der Waals surface area contributed by atoms with E-state index in [0.29, 0.717) is 30.3 Å². The summed E-state index contributed by atoms with van der Waals surface area (Å²) in [5, 5.41) is 0. The van der Waals surface area contributed by atoms with Crippen LogP contribution in [-0.2, 0) is 32.7 Å². The summed E-state index contributed by atoms with van der Waals surface area (Å²) in [7, 11) is 1.40. The van der Waals surface area contributed by atoms with Crippen molar-refractivity contribution < 1.29 is 42.1 Å². The van der Waals surface area contributed by atoms with Crippen molar-refractivity contribution in [3.63, 3.8) is 0 Å². The maximum Gasteiger partial charge on any atom is 0.472 e. The Balaban J connectivity index is 4.58. The van der Waals surface area contributed by atoms with E-state index in [4.69, 9.17) is 18.5 Å². The Morgan fingerprint density at radius 1 is 0.534 bits per heavy atom. The summed E-state index contributed by atoms with van der Waals surface area (Å²) < 4.78 is 34.2. The van der Waals surface area contributed by atoms with Gasteiger partial charge >= 0.3 is 19.8 Å². The zero-order valence-corrected chi connectivity index (χ0v) is 37.9. The third kappa shape index (κ3) is 42.5. The highest BCUT2D eigenvalue weighted by atomic mass is 31.2. The molecule has 9 nitrogen and oxygen atoms in total. The fourth-order valence-corrected chi connectivity index (χ4v) is 5.86. The molecule has 0 radical (unpaired) electrons. The van der Waals surface area contributed by atoms with Gasteiger partial charge < -0.3 is 18.9 Å². The molecule has 0 aromatic heterocycles. The Hall–Kier alpha value is -3.07. The van der Waals surface area contributed by atoms with E-state index in [0.717, 1.165) is 44.9 Å². The molecule has 0 aromatic rings. The molecule has 0 rings (SSSR count). The number of phosphoric ester groups is 1. The summed E-state index contributed by atoms with van der Waals surface area (Å²) in [4.78, 5) is 35.3. The fourth-order valence-electron chi connectivity index (χ4n) is 5.11. The summed E-state index contributed by atoms with van der Waals surface area (Å²) in [5.41, 5.74) is 0. The molecule has 0 aromatic carbocycles. The predicted octanol–water partition coefficient (Wildman–Crippen LogP) is 12.6. The van der Waals surface area contributed by atoms with Crippen molar-refractivity contribution in [2.24, 2.45) is 0 Å². The SMILES string of the molecule is CCCCC/C=C/C/C=C/C/C=C/C/C=C/CCCC(=O)OC[C@H](COP(=O)(O)OCC[N+](C)(C)C)OC(=O)CCC/C=C/C/C=C/C/C=C/C/C=C/CCCCC. The molecule has 0 amide bonds. The van der Waals surface area contributed by atoms with Crippen molar-refractivity contribution in [1.82, 2.24) is 0 Å². The third-order valence-corrected chi connectivity index (χ3v) is 9.57. The molecule has 0 bridgehead atoms. The van der Waals surface area contributed by atoms with Crippen LogP contribution >= 0.6 is 7.82 Å². The number of esters is 2. The predicted molar refractivity (Wildman–Crippen MR) is 242 cm³/mol. The van der Waals surface area contributed by atoms with E-state index in [-0.39, 0.29) is 26.1 Å². The zero-order chi connectivity index (χ0) is 42.8. The minimum atomic E-state index is -4.41. The maximum atomic E-state index is 12.7. The van der Waals surface area contributed by atoms with E-state index in [9.17, 15) is 19.0 Å². The molecule has 0 spiro atoms. The number of rotatable bonds is 38. The van der Waals surface area contributed by atoms with Crippen molar-refractivity contribution in [3.05, 3.63) is 97.2 Å². The number of unbranched alkanes of at least 4 members (excludes halogenated alkanes) is 8. The lowest BCUT2D eigenvalue weighted by molar-refractivity contribution is -0.870. The Kier molecular flexibility index (Phi) is 37.3. The first kappa shape index (κ1) is 54.9. The highest BCUT2D eigenvalue weighted by Gasteiger charge is 2.27. The molecule has 2 atom stereocenters. The number of ether oxygens (including phenoxy) is 2. The maximum absolute atomic E-state index is 12.7. The van der Waals surface area contributed by atoms with Crippen LogP contribution in [-0.4, -0.2) is 74.9 Å². The van der Waals surface area contributed by atoms with Crippen LogP contribution in [0.5, 0.6) is 0 Å². The van der Waals surface area contributed by atoms with Crippen LogP contribution in [0.2, 0.25) is 0 Å². The smallest absolute Gasteiger partial charge is 0.462 e. The highest BCUT2D eigenvalue weighted by Crippen LogP contribution is 2.43. The third-order valence-electron chi connectivity index (χ3n) is 8.59. The number of nitrogens with zero attached hydrogens (tertiary/aromatic N) is 1. The van der Waals surface area contributed by atoms with Crippen LogP contribution in [0, 0.1) is 0 Å². The molecule has 0 aliphatic rings. The molecule has 10 heteroatoms. The molecule has 0 aliphatic carbocycles. The second-order valence-corrected chi connectivity index (χ2v) is 16.8. The average molecular weight is 831 g/mol. The zero-order valence-electron chi connectivity index (χ0n) is 37.0. The first-order valence-corrected chi connectivity index (χ1v) is 23.5. The Bertz CT molecular complexity index is 1300. The van der Waals surface area contributed by atoms with Gasteiger partial charge in [0.25, 0.3) is 0 Å². The number of likely N-dealkylation sites (N-methyl/N-ethyl adjacent to an activating group) is 1. The fraction of sp³-hybridized carbons (Fsp3) is 0.625. The van der Waals surface area contributed by atoms with E-state index in [1.54, 1.807) is 0 Å². The van der Waals surface area contributed by atoms with Crippen molar-refractivity contribution in [1.29, 1.82) is 0 Å². The lowest BCUT2D eigenvalue weighted by atomic mass is 10.2. The average Bonchev–Trinajstić information content (AvgIpc) is 3.17. The normalized spacial score (nSPS) is 14.5. The van der Waals surface area contributed by atoms with Gasteiger partial charge in [-0.1, -0.05) is 137 Å². The molecule has 58 heavy (non-hydrogen) atoms. The number of carbonyl (C=O) groups is 2. The van der Waals surface area contributed by atoms with Crippen LogP contribution < -0.4 is 0 Å². The monoisotopic (exact) mass is 831 g/mol. The molecule has 0 heterocycles. The van der Waals surface area contributed by atoms with Gasteiger partial charge in [-0.05, 0) is 89.9 Å². The number of hydrogen-bond donors (Lipinski definition) is 1. The van der Waals surface area contributed by atoms with Gasteiger partial charge in [-0.25, -0.2) is 4.57 Å². The largest absolute Gasteiger partial charge is 0.472 e. The van der Waals surface area contributed by atoms with Crippen molar-refractivity contribution in [2.45, 2.75) is 148 Å². The molecule has 0 aliphatic heterocycles. The molecular weight excluding hydrogens is 750 g/mol. The van der Waals surface area contributed by atoms with E-state index in [1.165, 1.54) is 51.4 Å². The number of phosphoric acid groups is 1. The van der Waals surface area contributed by atoms with Gasteiger partial charge in [0.15, 0.2) is 6.10 Å². The summed E-state index contributed by atoms with van der Waals surface area (Å²) in [6, 6.07) is 0.